The van der Waals surface area contributed by atoms with Gasteiger partial charge in [-0.25, -0.2) is 0 Å². The first-order valence-corrected chi connectivity index (χ1v) is 5.34. The maximum absolute atomic E-state index is 2.57. The van der Waals surface area contributed by atoms with E-state index in [0.29, 0.717) is 0 Å². The van der Waals surface area contributed by atoms with Crippen LogP contribution in [0.3, 0.4) is 0 Å². The summed E-state index contributed by atoms with van der Waals surface area (Å²) in [6.07, 6.45) is 1.29. The molecular formula is C7H20N2Si. The van der Waals surface area contributed by atoms with Gasteiger partial charge in [-0.05, 0) is 33.6 Å². The average molecular weight is 160 g/mol. The Bertz CT molecular complexity index is 76.0. The van der Waals surface area contributed by atoms with Crippen molar-refractivity contribution in [3.63, 3.8) is 0 Å². The van der Waals surface area contributed by atoms with Gasteiger partial charge in [-0.3, -0.25) is 0 Å². The molecule has 0 aromatic carbocycles. The normalized spacial score (nSPS) is 12.6. The molecule has 0 unspecified atom stereocenters. The monoisotopic (exact) mass is 160 g/mol. The van der Waals surface area contributed by atoms with Gasteiger partial charge in [-0.15, -0.1) is 0 Å². The Morgan fingerprint density at radius 3 is 2.10 bits per heavy atom. The van der Waals surface area contributed by atoms with Crippen molar-refractivity contribution < 1.29 is 0 Å². The number of nitrogens with zero attached hydrogens (tertiary/aromatic N) is 2. The van der Waals surface area contributed by atoms with Crippen molar-refractivity contribution in [1.29, 1.82) is 0 Å². The molecule has 0 N–H and O–H groups in total. The fourth-order valence-corrected chi connectivity index (χ4v) is 2.50. The molecule has 0 amide bonds. The van der Waals surface area contributed by atoms with E-state index in [9.17, 15) is 0 Å². The summed E-state index contributed by atoms with van der Waals surface area (Å²) in [7, 11) is 4.26. The van der Waals surface area contributed by atoms with Crippen LogP contribution in [0.4, 0.5) is 0 Å². The van der Waals surface area contributed by atoms with E-state index in [0.717, 1.165) is 0 Å². The Kier molecular flexibility index (Phi) is 5.97. The van der Waals surface area contributed by atoms with E-state index in [1.807, 2.05) is 0 Å². The van der Waals surface area contributed by atoms with Gasteiger partial charge < -0.3 is 9.13 Å². The van der Waals surface area contributed by atoms with E-state index in [1.165, 1.54) is 19.5 Å². The summed E-state index contributed by atoms with van der Waals surface area (Å²) in [6, 6.07) is 0. The SMILES string of the molecule is CCCN(CC)[SiH2]N(C)C. The first-order chi connectivity index (χ1) is 4.70. The second kappa shape index (κ2) is 5.89. The van der Waals surface area contributed by atoms with Gasteiger partial charge in [0.25, 0.3) is 0 Å². The van der Waals surface area contributed by atoms with Gasteiger partial charge in [0.1, 0.15) is 0 Å². The van der Waals surface area contributed by atoms with Crippen LogP contribution in [0.25, 0.3) is 0 Å². The minimum atomic E-state index is -0.0843. The molecule has 0 aliphatic carbocycles. The van der Waals surface area contributed by atoms with E-state index < -0.39 is 0 Å². The highest BCUT2D eigenvalue weighted by molar-refractivity contribution is 6.28. The van der Waals surface area contributed by atoms with Crippen LogP contribution in [0, 0.1) is 0 Å². The van der Waals surface area contributed by atoms with Crippen LogP contribution < -0.4 is 0 Å². The first kappa shape index (κ1) is 10.1. The quantitative estimate of drug-likeness (QED) is 0.533. The highest BCUT2D eigenvalue weighted by Crippen LogP contribution is 1.88. The van der Waals surface area contributed by atoms with Gasteiger partial charge in [0, 0.05) is 0 Å². The van der Waals surface area contributed by atoms with Crippen molar-refractivity contribution in [2.24, 2.45) is 0 Å². The number of rotatable bonds is 5. The molecule has 0 fully saturated rings. The number of hydrogen-bond donors (Lipinski definition) is 0. The van der Waals surface area contributed by atoms with Crippen molar-refractivity contribution in [1.82, 2.24) is 9.13 Å². The lowest BCUT2D eigenvalue weighted by molar-refractivity contribution is 0.426. The Morgan fingerprint density at radius 2 is 1.80 bits per heavy atom. The van der Waals surface area contributed by atoms with E-state index in [-0.39, 0.29) is 9.84 Å². The lowest BCUT2D eigenvalue weighted by atomic mass is 10.5. The average Bonchev–Trinajstić information content (AvgIpc) is 1.86. The Balaban J connectivity index is 3.39. The predicted molar refractivity (Wildman–Crippen MR) is 49.8 cm³/mol. The molecule has 0 saturated carbocycles. The van der Waals surface area contributed by atoms with Crippen LogP contribution in [0.15, 0.2) is 0 Å². The first-order valence-electron chi connectivity index (χ1n) is 4.07. The van der Waals surface area contributed by atoms with Crippen molar-refractivity contribution in [3.8, 4) is 0 Å². The highest BCUT2D eigenvalue weighted by atomic mass is 28.2. The largest absolute Gasteiger partial charge is 0.322 e. The second-order valence-electron chi connectivity index (χ2n) is 2.93. The summed E-state index contributed by atoms with van der Waals surface area (Å²) < 4.78 is 4.92. The molecule has 0 aliphatic rings. The summed E-state index contributed by atoms with van der Waals surface area (Å²) in [5.74, 6) is 0. The smallest absolute Gasteiger partial charge is 0.172 e. The molecule has 0 saturated heterocycles. The Hall–Kier alpha value is 0.137. The fourth-order valence-electron chi connectivity index (χ4n) is 1.05. The lowest BCUT2D eigenvalue weighted by Crippen LogP contribution is -2.37. The zero-order valence-electron chi connectivity index (χ0n) is 7.72. The summed E-state index contributed by atoms with van der Waals surface area (Å²) in [5, 5.41) is 0. The molecule has 0 atom stereocenters. The van der Waals surface area contributed by atoms with Crippen LogP contribution in [-0.2, 0) is 0 Å². The van der Waals surface area contributed by atoms with Crippen molar-refractivity contribution in [3.05, 3.63) is 0 Å². The zero-order valence-corrected chi connectivity index (χ0v) is 9.14. The molecule has 0 aromatic heterocycles. The summed E-state index contributed by atoms with van der Waals surface area (Å²) in [4.78, 5) is 0. The molecule has 0 aliphatic heterocycles. The third-order valence-electron chi connectivity index (χ3n) is 1.47. The molecule has 3 heteroatoms. The van der Waals surface area contributed by atoms with Crippen molar-refractivity contribution in [2.45, 2.75) is 20.3 Å². The van der Waals surface area contributed by atoms with Gasteiger partial charge in [-0.2, -0.15) is 0 Å². The van der Waals surface area contributed by atoms with E-state index in [4.69, 9.17) is 0 Å². The molecule has 10 heavy (non-hydrogen) atoms. The third-order valence-corrected chi connectivity index (χ3v) is 3.20. The molecule has 0 spiro atoms. The van der Waals surface area contributed by atoms with Crippen LogP contribution >= 0.6 is 0 Å². The molecule has 0 radical (unpaired) electrons. The molecule has 62 valence electrons. The summed E-state index contributed by atoms with van der Waals surface area (Å²) >= 11 is 0. The van der Waals surface area contributed by atoms with E-state index in [1.54, 1.807) is 0 Å². The van der Waals surface area contributed by atoms with Gasteiger partial charge in [0.15, 0.2) is 9.84 Å². The highest BCUT2D eigenvalue weighted by Gasteiger charge is 2.01. The zero-order chi connectivity index (χ0) is 7.98. The van der Waals surface area contributed by atoms with Gasteiger partial charge in [0.2, 0.25) is 0 Å². The minimum Gasteiger partial charge on any atom is -0.322 e. The molecule has 0 bridgehead atoms. The van der Waals surface area contributed by atoms with Crippen molar-refractivity contribution >= 4 is 9.84 Å². The molecule has 0 aromatic rings. The minimum absolute atomic E-state index is 0.0843. The summed E-state index contributed by atoms with van der Waals surface area (Å²) in [6.45, 7) is 6.98. The molecule has 0 heterocycles. The molecule has 0 rings (SSSR count). The van der Waals surface area contributed by atoms with E-state index in [2.05, 4.69) is 37.1 Å². The fraction of sp³-hybridized carbons (Fsp3) is 1.00. The Labute approximate surface area is 67.2 Å². The standard InChI is InChI=1S/C7H20N2Si/c1-5-7-9(6-2)10-8(3)4/h5-7,10H2,1-4H3. The van der Waals surface area contributed by atoms with E-state index >= 15 is 0 Å². The topological polar surface area (TPSA) is 6.48 Å². The maximum Gasteiger partial charge on any atom is 0.172 e. The van der Waals surface area contributed by atoms with Crippen LogP contribution in [0.2, 0.25) is 0 Å². The Morgan fingerprint density at radius 1 is 1.20 bits per heavy atom. The van der Waals surface area contributed by atoms with Crippen LogP contribution in [-0.4, -0.2) is 46.2 Å². The maximum atomic E-state index is 2.57. The summed E-state index contributed by atoms with van der Waals surface area (Å²) in [5.41, 5.74) is 0. The van der Waals surface area contributed by atoms with Crippen molar-refractivity contribution in [2.75, 3.05) is 27.2 Å². The van der Waals surface area contributed by atoms with Gasteiger partial charge >= 0.3 is 0 Å². The van der Waals surface area contributed by atoms with Gasteiger partial charge in [0.05, 0.1) is 0 Å². The third kappa shape index (κ3) is 4.96. The second-order valence-corrected chi connectivity index (χ2v) is 5.37. The predicted octanol–water partition coefficient (Wildman–Crippen LogP) is 0.279. The van der Waals surface area contributed by atoms with Gasteiger partial charge in [-0.1, -0.05) is 13.8 Å². The van der Waals surface area contributed by atoms with Crippen LogP contribution in [0.1, 0.15) is 20.3 Å². The molecule has 2 nitrogen and oxygen atoms in total. The molecular weight excluding hydrogens is 140 g/mol. The number of hydrogen-bond acceptors (Lipinski definition) is 2. The van der Waals surface area contributed by atoms with Crippen LogP contribution in [0.5, 0.6) is 0 Å². The lowest BCUT2D eigenvalue weighted by Gasteiger charge is -2.22.